The Labute approximate surface area is 142 Å². The van der Waals surface area contributed by atoms with Crippen LogP contribution in [-0.2, 0) is 6.54 Å². The molecule has 0 amide bonds. The van der Waals surface area contributed by atoms with E-state index in [1.165, 1.54) is 4.57 Å². The molecule has 24 heavy (non-hydrogen) atoms. The summed E-state index contributed by atoms with van der Waals surface area (Å²) in [6.07, 6.45) is 1.62. The maximum Gasteiger partial charge on any atom is 0.417 e. The van der Waals surface area contributed by atoms with Crippen molar-refractivity contribution in [2.75, 3.05) is 0 Å². The maximum absolute atomic E-state index is 12.6. The molecule has 0 saturated carbocycles. The van der Waals surface area contributed by atoms with Crippen LogP contribution in [0.3, 0.4) is 0 Å². The molecule has 0 aliphatic heterocycles. The Morgan fingerprint density at radius 1 is 1.33 bits per heavy atom. The Bertz CT molecular complexity index is 1010. The topological polar surface area (TPSA) is 77.2 Å². The zero-order valence-electron chi connectivity index (χ0n) is 13.6. The summed E-state index contributed by atoms with van der Waals surface area (Å²) in [5.74, 6) is -0.0210. The van der Waals surface area contributed by atoms with E-state index in [9.17, 15) is 9.59 Å². The molecule has 3 rings (SSSR count). The van der Waals surface area contributed by atoms with Gasteiger partial charge >= 0.3 is 5.76 Å². The average molecular weight is 349 g/mol. The van der Waals surface area contributed by atoms with Crippen molar-refractivity contribution >= 4 is 22.7 Å². The number of oxazole rings is 1. The number of nitrogens with zero attached hydrogens (tertiary/aromatic N) is 1. The first-order valence-corrected chi connectivity index (χ1v) is 7.91. The number of aromatic nitrogens is 2. The predicted octanol–water partition coefficient (Wildman–Crippen LogP) is 3.08. The minimum absolute atomic E-state index is 0.0200. The second-order valence-corrected chi connectivity index (χ2v) is 6.25. The van der Waals surface area contributed by atoms with E-state index >= 15 is 0 Å². The first-order valence-electron chi connectivity index (χ1n) is 7.53. The molecule has 2 aromatic heterocycles. The van der Waals surface area contributed by atoms with Gasteiger partial charge in [0.05, 0.1) is 12.6 Å². The van der Waals surface area contributed by atoms with E-state index in [0.29, 0.717) is 21.9 Å². The molecule has 6 nitrogen and oxygen atoms in total. The van der Waals surface area contributed by atoms with Gasteiger partial charge in [-0.2, -0.15) is 0 Å². The van der Waals surface area contributed by atoms with Crippen molar-refractivity contribution in [3.8, 4) is 5.75 Å². The SMILES string of the molecule is Cc1cn(Cc2c(Cl)cccc2OC(C)C)c(=O)c2[nH]c(=O)oc12. The number of ether oxygens (including phenoxy) is 1. The van der Waals surface area contributed by atoms with Crippen molar-refractivity contribution in [2.24, 2.45) is 0 Å². The number of halogens is 1. The van der Waals surface area contributed by atoms with Gasteiger partial charge in [-0.1, -0.05) is 17.7 Å². The number of hydrogen-bond acceptors (Lipinski definition) is 4. The zero-order chi connectivity index (χ0) is 17.4. The lowest BCUT2D eigenvalue weighted by molar-refractivity contribution is 0.239. The van der Waals surface area contributed by atoms with E-state index in [1.54, 1.807) is 25.3 Å². The highest BCUT2D eigenvalue weighted by Gasteiger charge is 2.15. The third kappa shape index (κ3) is 2.97. The van der Waals surface area contributed by atoms with Crippen LogP contribution in [0.1, 0.15) is 25.0 Å². The van der Waals surface area contributed by atoms with Crippen molar-refractivity contribution < 1.29 is 9.15 Å². The van der Waals surface area contributed by atoms with Gasteiger partial charge in [-0.25, -0.2) is 4.79 Å². The molecule has 7 heteroatoms. The van der Waals surface area contributed by atoms with E-state index in [4.69, 9.17) is 20.8 Å². The molecule has 0 aliphatic carbocycles. The van der Waals surface area contributed by atoms with Gasteiger partial charge in [0, 0.05) is 22.3 Å². The fourth-order valence-corrected chi connectivity index (χ4v) is 2.82. The number of pyridine rings is 1. The van der Waals surface area contributed by atoms with Crippen LogP contribution in [-0.4, -0.2) is 15.7 Å². The van der Waals surface area contributed by atoms with Crippen molar-refractivity contribution in [3.05, 3.63) is 61.4 Å². The number of nitrogens with one attached hydrogen (secondary N) is 1. The summed E-state index contributed by atoms with van der Waals surface area (Å²) in [4.78, 5) is 26.4. The molecule has 126 valence electrons. The average Bonchev–Trinajstić information content (AvgIpc) is 2.90. The second-order valence-electron chi connectivity index (χ2n) is 5.85. The summed E-state index contributed by atoms with van der Waals surface area (Å²) in [5.41, 5.74) is 1.47. The number of H-pyrrole nitrogens is 1. The summed E-state index contributed by atoms with van der Waals surface area (Å²) >= 11 is 6.31. The molecule has 0 atom stereocenters. The Morgan fingerprint density at radius 3 is 2.79 bits per heavy atom. The van der Waals surface area contributed by atoms with E-state index in [0.717, 1.165) is 0 Å². The van der Waals surface area contributed by atoms with Crippen molar-refractivity contribution in [3.63, 3.8) is 0 Å². The number of rotatable bonds is 4. The van der Waals surface area contributed by atoms with Gasteiger partial charge in [-0.15, -0.1) is 0 Å². The van der Waals surface area contributed by atoms with Crippen LogP contribution in [0.2, 0.25) is 5.02 Å². The molecule has 3 aromatic rings. The monoisotopic (exact) mass is 348 g/mol. The quantitative estimate of drug-likeness (QED) is 0.786. The summed E-state index contributed by atoms with van der Waals surface area (Å²) < 4.78 is 12.3. The van der Waals surface area contributed by atoms with E-state index < -0.39 is 5.76 Å². The Balaban J connectivity index is 2.13. The highest BCUT2D eigenvalue weighted by Crippen LogP contribution is 2.28. The van der Waals surface area contributed by atoms with Gasteiger partial charge in [0.15, 0.2) is 11.1 Å². The summed E-state index contributed by atoms with van der Waals surface area (Å²) in [7, 11) is 0. The Morgan fingerprint density at radius 2 is 2.08 bits per heavy atom. The first-order chi connectivity index (χ1) is 11.4. The highest BCUT2D eigenvalue weighted by atomic mass is 35.5. The van der Waals surface area contributed by atoms with E-state index in [2.05, 4.69) is 4.98 Å². The Kier molecular flexibility index (Phi) is 4.24. The molecule has 0 aliphatic rings. The van der Waals surface area contributed by atoms with Crippen LogP contribution in [0.5, 0.6) is 5.75 Å². The van der Waals surface area contributed by atoms with Crippen LogP contribution >= 0.6 is 11.6 Å². The van der Waals surface area contributed by atoms with E-state index in [-0.39, 0.29) is 29.3 Å². The lowest BCUT2D eigenvalue weighted by atomic mass is 10.2. The van der Waals surface area contributed by atoms with Gasteiger partial charge < -0.3 is 13.7 Å². The molecular weight excluding hydrogens is 332 g/mol. The van der Waals surface area contributed by atoms with Gasteiger partial charge in [-0.3, -0.25) is 9.78 Å². The van der Waals surface area contributed by atoms with E-state index in [1.807, 2.05) is 19.9 Å². The van der Waals surface area contributed by atoms with Gasteiger partial charge in [0.2, 0.25) is 0 Å². The smallest absolute Gasteiger partial charge is 0.417 e. The molecule has 1 N–H and O–H groups in total. The van der Waals surface area contributed by atoms with Crippen LogP contribution < -0.4 is 16.1 Å². The Hall–Kier alpha value is -2.47. The number of hydrogen-bond donors (Lipinski definition) is 1. The summed E-state index contributed by atoms with van der Waals surface area (Å²) in [6, 6.07) is 5.37. The number of benzene rings is 1. The molecule has 0 radical (unpaired) electrons. The normalized spacial score (nSPS) is 11.4. The molecule has 0 fully saturated rings. The lowest BCUT2D eigenvalue weighted by Crippen LogP contribution is -2.22. The zero-order valence-corrected chi connectivity index (χ0v) is 14.3. The van der Waals surface area contributed by atoms with Crippen LogP contribution in [0, 0.1) is 6.92 Å². The van der Waals surface area contributed by atoms with Crippen molar-refractivity contribution in [1.82, 2.24) is 9.55 Å². The number of aryl methyl sites for hydroxylation is 1. The maximum atomic E-state index is 12.6. The molecular formula is C17H17ClN2O4. The van der Waals surface area contributed by atoms with Gasteiger partial charge in [-0.05, 0) is 32.9 Å². The summed E-state index contributed by atoms with van der Waals surface area (Å²) in [5, 5.41) is 0.512. The van der Waals surface area contributed by atoms with Crippen molar-refractivity contribution in [1.29, 1.82) is 0 Å². The summed E-state index contributed by atoms with van der Waals surface area (Å²) in [6.45, 7) is 5.84. The fraction of sp³-hybridized carbons (Fsp3) is 0.294. The number of fused-ring (bicyclic) bond motifs is 1. The number of aromatic amines is 1. The molecule has 0 saturated heterocycles. The predicted molar refractivity (Wildman–Crippen MR) is 92.1 cm³/mol. The minimum Gasteiger partial charge on any atom is -0.491 e. The van der Waals surface area contributed by atoms with Crippen molar-refractivity contribution in [2.45, 2.75) is 33.4 Å². The molecule has 2 heterocycles. The van der Waals surface area contributed by atoms with Gasteiger partial charge in [0.25, 0.3) is 5.56 Å². The molecule has 0 spiro atoms. The first kappa shape index (κ1) is 16.4. The standard InChI is InChI=1S/C17H17ClN2O4/c1-9(2)23-13-6-4-5-12(18)11(13)8-20-7-10(3)15-14(16(20)21)19-17(22)24-15/h4-7,9H,8H2,1-3H3,(H,19,22). The largest absolute Gasteiger partial charge is 0.491 e. The third-order valence-electron chi connectivity index (χ3n) is 3.60. The highest BCUT2D eigenvalue weighted by molar-refractivity contribution is 6.31. The van der Waals surface area contributed by atoms with Gasteiger partial charge in [0.1, 0.15) is 5.75 Å². The molecule has 0 bridgehead atoms. The fourth-order valence-electron chi connectivity index (χ4n) is 2.60. The second kappa shape index (κ2) is 6.20. The third-order valence-corrected chi connectivity index (χ3v) is 3.95. The van der Waals surface area contributed by atoms with Crippen LogP contribution in [0.25, 0.3) is 11.1 Å². The lowest BCUT2D eigenvalue weighted by Gasteiger charge is -2.16. The molecule has 0 unspecified atom stereocenters. The molecule has 1 aromatic carbocycles. The van der Waals surface area contributed by atoms with Crippen LogP contribution in [0.4, 0.5) is 0 Å². The van der Waals surface area contributed by atoms with Crippen LogP contribution in [0.15, 0.2) is 38.4 Å². The minimum atomic E-state index is -0.649.